The molecule has 0 aliphatic carbocycles. The van der Waals surface area contributed by atoms with E-state index in [9.17, 15) is 37.9 Å². The van der Waals surface area contributed by atoms with E-state index in [1.54, 1.807) is 0 Å². The van der Waals surface area contributed by atoms with Gasteiger partial charge in [-0.1, -0.05) is 206 Å². The van der Waals surface area contributed by atoms with Gasteiger partial charge in [-0.25, -0.2) is 0 Å². The molecule has 1 rings (SSSR count). The second kappa shape index (κ2) is 38.1. The van der Waals surface area contributed by atoms with Gasteiger partial charge in [0.15, 0.2) is 12.4 Å². The summed E-state index contributed by atoms with van der Waals surface area (Å²) in [5.41, 5.74) is 0. The number of rotatable bonds is 42. The Morgan fingerprint density at radius 3 is 1.22 bits per heavy atom. The first kappa shape index (κ1) is 56.7. The standard InChI is InChI=1S/C47H90O12S/c1-3-5-7-9-11-13-14-15-16-17-18-19-20-21-22-23-24-25-26-28-29-31-33-35-42(48)56-37-40(58-43(49)36-34-32-30-27-12-10-8-6-4-2)38-57-47-46(52)45(51)44(50)41(59-47)39-60(53,54)55/h40-41,44-47,50-52H,3-39H2,1-2H3,(H,53,54,55)/t40-,41-,44-,45?,46?,47+/m1/s1. The second-order valence-electron chi connectivity index (χ2n) is 17.5. The molecule has 2 unspecified atom stereocenters. The van der Waals surface area contributed by atoms with E-state index in [1.807, 2.05) is 0 Å². The van der Waals surface area contributed by atoms with Crippen molar-refractivity contribution in [3.8, 4) is 0 Å². The summed E-state index contributed by atoms with van der Waals surface area (Å²) >= 11 is 0. The lowest BCUT2D eigenvalue weighted by Crippen LogP contribution is -2.60. The van der Waals surface area contributed by atoms with Crippen molar-refractivity contribution in [2.75, 3.05) is 19.0 Å². The first-order valence-corrected chi connectivity index (χ1v) is 26.2. The van der Waals surface area contributed by atoms with Crippen LogP contribution < -0.4 is 0 Å². The van der Waals surface area contributed by atoms with Crippen LogP contribution in [0.5, 0.6) is 0 Å². The lowest BCUT2D eigenvalue weighted by Gasteiger charge is -2.40. The Labute approximate surface area is 365 Å². The highest BCUT2D eigenvalue weighted by atomic mass is 32.2. The van der Waals surface area contributed by atoms with Crippen molar-refractivity contribution in [1.82, 2.24) is 0 Å². The van der Waals surface area contributed by atoms with Crippen LogP contribution in [0.25, 0.3) is 0 Å². The van der Waals surface area contributed by atoms with E-state index in [-0.39, 0.29) is 19.4 Å². The largest absolute Gasteiger partial charge is 0.462 e. The van der Waals surface area contributed by atoms with Gasteiger partial charge >= 0.3 is 11.9 Å². The van der Waals surface area contributed by atoms with Crippen molar-refractivity contribution in [3.05, 3.63) is 0 Å². The molecule has 1 saturated heterocycles. The third kappa shape index (κ3) is 32.3. The van der Waals surface area contributed by atoms with Crippen LogP contribution in [0.15, 0.2) is 0 Å². The normalized spacial score (nSPS) is 20.0. The third-order valence-corrected chi connectivity index (χ3v) is 12.4. The Morgan fingerprint density at radius 1 is 0.500 bits per heavy atom. The van der Waals surface area contributed by atoms with Crippen LogP contribution in [0.4, 0.5) is 0 Å². The van der Waals surface area contributed by atoms with Gasteiger partial charge < -0.3 is 34.3 Å². The minimum atomic E-state index is -4.59. The van der Waals surface area contributed by atoms with Crippen molar-refractivity contribution in [2.45, 2.75) is 269 Å². The van der Waals surface area contributed by atoms with Gasteiger partial charge in [0.05, 0.1) is 6.61 Å². The highest BCUT2D eigenvalue weighted by Crippen LogP contribution is 2.24. The molecule has 1 aliphatic rings. The van der Waals surface area contributed by atoms with E-state index < -0.39 is 71.2 Å². The summed E-state index contributed by atoms with van der Waals surface area (Å²) in [5.74, 6) is -1.96. The zero-order valence-electron chi connectivity index (χ0n) is 38.1. The summed E-state index contributed by atoms with van der Waals surface area (Å²) in [4.78, 5) is 25.4. The number of unbranched alkanes of at least 4 members (excludes halogenated alkanes) is 30. The van der Waals surface area contributed by atoms with Gasteiger partial charge in [0.2, 0.25) is 0 Å². The van der Waals surface area contributed by atoms with Crippen LogP contribution in [-0.2, 0) is 38.7 Å². The second-order valence-corrected chi connectivity index (χ2v) is 19.0. The lowest BCUT2D eigenvalue weighted by molar-refractivity contribution is -0.297. The molecule has 1 aliphatic heterocycles. The first-order chi connectivity index (χ1) is 29.0. The number of carbonyl (C=O) groups is 2. The number of aliphatic hydroxyl groups excluding tert-OH is 3. The molecular formula is C47H90O12S. The maximum absolute atomic E-state index is 12.7. The predicted molar refractivity (Wildman–Crippen MR) is 238 cm³/mol. The molecule has 1 heterocycles. The van der Waals surface area contributed by atoms with Crippen LogP contribution in [0.3, 0.4) is 0 Å². The molecule has 0 bridgehead atoms. The monoisotopic (exact) mass is 879 g/mol. The Morgan fingerprint density at radius 2 is 0.850 bits per heavy atom. The van der Waals surface area contributed by atoms with Crippen molar-refractivity contribution >= 4 is 22.1 Å². The highest BCUT2D eigenvalue weighted by molar-refractivity contribution is 7.85. The summed E-state index contributed by atoms with van der Waals surface area (Å²) in [7, 11) is -4.59. The molecule has 6 atom stereocenters. The Balaban J connectivity index is 2.27. The van der Waals surface area contributed by atoms with Gasteiger partial charge in [0.25, 0.3) is 10.1 Å². The molecule has 0 amide bonds. The summed E-state index contributed by atoms with van der Waals surface area (Å²) in [6.07, 6.45) is 30.3. The maximum Gasteiger partial charge on any atom is 0.306 e. The molecule has 0 aromatic rings. The van der Waals surface area contributed by atoms with Crippen LogP contribution >= 0.6 is 0 Å². The molecule has 0 radical (unpaired) electrons. The molecule has 13 heteroatoms. The first-order valence-electron chi connectivity index (χ1n) is 24.6. The molecule has 0 spiro atoms. The zero-order valence-corrected chi connectivity index (χ0v) is 38.9. The highest BCUT2D eigenvalue weighted by Gasteiger charge is 2.46. The average molecular weight is 879 g/mol. The average Bonchev–Trinajstić information content (AvgIpc) is 3.21. The summed E-state index contributed by atoms with van der Waals surface area (Å²) in [6, 6.07) is 0. The van der Waals surface area contributed by atoms with Gasteiger partial charge in [-0.05, 0) is 12.8 Å². The molecular weight excluding hydrogens is 789 g/mol. The van der Waals surface area contributed by atoms with Crippen LogP contribution in [0.1, 0.15) is 232 Å². The lowest BCUT2D eigenvalue weighted by atomic mass is 10.00. The van der Waals surface area contributed by atoms with E-state index in [1.165, 1.54) is 154 Å². The van der Waals surface area contributed by atoms with E-state index >= 15 is 0 Å². The minimum Gasteiger partial charge on any atom is -0.462 e. The molecule has 356 valence electrons. The topological polar surface area (TPSA) is 186 Å². The van der Waals surface area contributed by atoms with Crippen LogP contribution in [-0.4, -0.2) is 96.0 Å². The quantitative estimate of drug-likeness (QED) is 0.0259. The molecule has 0 aromatic carbocycles. The number of carbonyl (C=O) groups excluding carboxylic acids is 2. The molecule has 1 fully saturated rings. The van der Waals surface area contributed by atoms with Gasteiger partial charge in [0, 0.05) is 12.8 Å². The number of esters is 2. The van der Waals surface area contributed by atoms with Gasteiger partial charge in [-0.2, -0.15) is 8.42 Å². The summed E-state index contributed by atoms with van der Waals surface area (Å²) < 4.78 is 54.0. The van der Waals surface area contributed by atoms with Gasteiger partial charge in [-0.15, -0.1) is 0 Å². The SMILES string of the molecule is CCCCCCCCCCCCCCCCCCCCCCCCCC(=O)OC[C@H](CO[C@H]1O[C@H](CS(=O)(=O)O)[C@@H](O)C(O)C1O)OC(=O)CCCCCCCCCCC. The molecule has 0 aromatic heterocycles. The predicted octanol–water partition coefficient (Wildman–Crippen LogP) is 10.5. The van der Waals surface area contributed by atoms with Crippen LogP contribution in [0.2, 0.25) is 0 Å². The van der Waals surface area contributed by atoms with Crippen molar-refractivity contribution in [2.24, 2.45) is 0 Å². The number of aliphatic hydroxyl groups is 3. The van der Waals surface area contributed by atoms with Crippen LogP contribution in [0, 0.1) is 0 Å². The summed E-state index contributed by atoms with van der Waals surface area (Å²) in [5, 5.41) is 30.8. The fourth-order valence-electron chi connectivity index (χ4n) is 7.86. The third-order valence-electron chi connectivity index (χ3n) is 11.7. The zero-order chi connectivity index (χ0) is 44.1. The van der Waals surface area contributed by atoms with E-state index in [0.717, 1.165) is 38.5 Å². The van der Waals surface area contributed by atoms with Gasteiger partial charge in [0.1, 0.15) is 36.8 Å². The maximum atomic E-state index is 12.7. The fourth-order valence-corrected chi connectivity index (χ4v) is 8.55. The Hall–Kier alpha value is -1.35. The Kier molecular flexibility index (Phi) is 36.0. The summed E-state index contributed by atoms with van der Waals surface area (Å²) in [6.45, 7) is 3.76. The minimum absolute atomic E-state index is 0.170. The number of hydrogen-bond acceptors (Lipinski definition) is 11. The van der Waals surface area contributed by atoms with Crippen molar-refractivity contribution < 1.29 is 56.8 Å². The molecule has 12 nitrogen and oxygen atoms in total. The van der Waals surface area contributed by atoms with Crippen molar-refractivity contribution in [1.29, 1.82) is 0 Å². The number of ether oxygens (including phenoxy) is 4. The van der Waals surface area contributed by atoms with E-state index in [2.05, 4.69) is 13.8 Å². The fraction of sp³-hybridized carbons (Fsp3) is 0.957. The van der Waals surface area contributed by atoms with E-state index in [0.29, 0.717) is 12.8 Å². The molecule has 0 saturated carbocycles. The van der Waals surface area contributed by atoms with E-state index in [4.69, 9.17) is 18.9 Å². The van der Waals surface area contributed by atoms with Gasteiger partial charge in [-0.3, -0.25) is 14.1 Å². The van der Waals surface area contributed by atoms with Crippen molar-refractivity contribution in [3.63, 3.8) is 0 Å². The number of hydrogen-bond donors (Lipinski definition) is 4. The molecule has 60 heavy (non-hydrogen) atoms. The smallest absolute Gasteiger partial charge is 0.306 e. The Bertz CT molecular complexity index is 1120. The molecule has 4 N–H and O–H groups in total.